The van der Waals surface area contributed by atoms with E-state index in [0.29, 0.717) is 39.6 Å². The Hall–Kier alpha value is -0.200. The van der Waals surface area contributed by atoms with E-state index in [0.717, 1.165) is 26.2 Å². The Labute approximate surface area is 137 Å². The lowest BCUT2D eigenvalue weighted by molar-refractivity contribution is -0.00325. The van der Waals surface area contributed by atoms with Crippen LogP contribution in [-0.2, 0) is 18.9 Å². The maximum atomic E-state index is 5.52. The van der Waals surface area contributed by atoms with Crippen LogP contribution >= 0.6 is 0 Å². The monoisotopic (exact) mass is 319 g/mol. The van der Waals surface area contributed by atoms with Crippen LogP contribution in [0.3, 0.4) is 0 Å². The molecule has 0 atom stereocenters. The second-order valence-electron chi connectivity index (χ2n) is 5.67. The highest BCUT2D eigenvalue weighted by Gasteiger charge is 1.94. The molecule has 0 N–H and O–H groups in total. The molecule has 5 heteroatoms. The van der Waals surface area contributed by atoms with Gasteiger partial charge in [0, 0.05) is 13.2 Å². The Bertz CT molecular complexity index is 203. The minimum absolute atomic E-state index is 0.619. The highest BCUT2D eigenvalue weighted by Crippen LogP contribution is 2.02. The molecular weight excluding hydrogens is 282 g/mol. The van der Waals surface area contributed by atoms with E-state index >= 15 is 0 Å². The van der Waals surface area contributed by atoms with Crippen molar-refractivity contribution in [3.05, 3.63) is 0 Å². The van der Waals surface area contributed by atoms with Gasteiger partial charge >= 0.3 is 0 Å². The van der Waals surface area contributed by atoms with E-state index in [1.54, 1.807) is 0 Å². The second kappa shape index (κ2) is 18.8. The molecule has 0 aromatic heterocycles. The van der Waals surface area contributed by atoms with E-state index in [1.807, 2.05) is 14.1 Å². The molecule has 0 radical (unpaired) electrons. The van der Waals surface area contributed by atoms with Crippen LogP contribution in [0.4, 0.5) is 0 Å². The average Bonchev–Trinajstić information content (AvgIpc) is 2.50. The van der Waals surface area contributed by atoms with Crippen molar-refractivity contribution in [1.82, 2.24) is 4.90 Å². The van der Waals surface area contributed by atoms with Gasteiger partial charge in [-0.25, -0.2) is 0 Å². The van der Waals surface area contributed by atoms with Gasteiger partial charge in [-0.1, -0.05) is 32.6 Å². The number of likely N-dealkylation sites (N-methyl/N-ethyl adjacent to an activating group) is 1. The van der Waals surface area contributed by atoms with Gasteiger partial charge in [0.25, 0.3) is 0 Å². The summed E-state index contributed by atoms with van der Waals surface area (Å²) in [5.74, 6) is 0. The van der Waals surface area contributed by atoms with Crippen molar-refractivity contribution >= 4 is 0 Å². The van der Waals surface area contributed by atoms with Gasteiger partial charge in [0.1, 0.15) is 0 Å². The Morgan fingerprint density at radius 1 is 0.545 bits per heavy atom. The third-order valence-corrected chi connectivity index (χ3v) is 3.19. The number of hydrogen-bond acceptors (Lipinski definition) is 5. The first-order valence-corrected chi connectivity index (χ1v) is 8.73. The normalized spacial score (nSPS) is 11.5. The van der Waals surface area contributed by atoms with Gasteiger partial charge < -0.3 is 23.8 Å². The fraction of sp³-hybridized carbons (Fsp3) is 1.00. The summed E-state index contributed by atoms with van der Waals surface area (Å²) in [6.07, 6.45) is 6.39. The second-order valence-corrected chi connectivity index (χ2v) is 5.67. The summed E-state index contributed by atoms with van der Waals surface area (Å²) in [4.78, 5) is 2.10. The van der Waals surface area contributed by atoms with Gasteiger partial charge in [0.2, 0.25) is 0 Å². The van der Waals surface area contributed by atoms with E-state index in [-0.39, 0.29) is 0 Å². The zero-order valence-electron chi connectivity index (χ0n) is 15.0. The van der Waals surface area contributed by atoms with Crippen LogP contribution in [0.15, 0.2) is 0 Å². The van der Waals surface area contributed by atoms with Crippen molar-refractivity contribution in [3.8, 4) is 0 Å². The minimum atomic E-state index is 0.619. The third-order valence-electron chi connectivity index (χ3n) is 3.19. The summed E-state index contributed by atoms with van der Waals surface area (Å²) >= 11 is 0. The van der Waals surface area contributed by atoms with Crippen LogP contribution in [0.25, 0.3) is 0 Å². The predicted octanol–water partition coefficient (Wildman–Crippen LogP) is 2.58. The molecule has 0 aliphatic carbocycles. The fourth-order valence-corrected chi connectivity index (χ4v) is 1.82. The molecule has 0 amide bonds. The quantitative estimate of drug-likeness (QED) is 0.363. The zero-order valence-corrected chi connectivity index (χ0v) is 15.0. The largest absolute Gasteiger partial charge is 0.379 e. The Morgan fingerprint density at radius 3 is 1.50 bits per heavy atom. The van der Waals surface area contributed by atoms with Gasteiger partial charge in [-0.15, -0.1) is 0 Å². The van der Waals surface area contributed by atoms with Gasteiger partial charge in [-0.3, -0.25) is 0 Å². The van der Waals surface area contributed by atoms with Crippen molar-refractivity contribution in [2.24, 2.45) is 0 Å². The zero-order chi connectivity index (χ0) is 16.3. The van der Waals surface area contributed by atoms with Crippen LogP contribution in [0.5, 0.6) is 0 Å². The Balaban J connectivity index is 2.94. The predicted molar refractivity (Wildman–Crippen MR) is 90.6 cm³/mol. The molecular formula is C17H37NO4. The molecule has 5 nitrogen and oxygen atoms in total. The molecule has 0 fully saturated rings. The first-order valence-electron chi connectivity index (χ1n) is 8.73. The lowest BCUT2D eigenvalue weighted by Gasteiger charge is -2.10. The number of hydrogen-bond donors (Lipinski definition) is 0. The summed E-state index contributed by atoms with van der Waals surface area (Å²) in [5, 5.41) is 0. The van der Waals surface area contributed by atoms with Gasteiger partial charge in [-0.05, 0) is 20.5 Å². The van der Waals surface area contributed by atoms with Crippen LogP contribution in [0, 0.1) is 0 Å². The lowest BCUT2D eigenvalue weighted by atomic mass is 10.2. The average molecular weight is 319 g/mol. The molecule has 0 aliphatic heterocycles. The summed E-state index contributed by atoms with van der Waals surface area (Å²) in [5.41, 5.74) is 0. The SMILES string of the molecule is CCCCCCCOCCOCCOCCOCCN(C)C. The van der Waals surface area contributed by atoms with E-state index < -0.39 is 0 Å². The smallest absolute Gasteiger partial charge is 0.0701 e. The summed E-state index contributed by atoms with van der Waals surface area (Å²) in [7, 11) is 4.07. The van der Waals surface area contributed by atoms with Crippen molar-refractivity contribution < 1.29 is 18.9 Å². The number of nitrogens with zero attached hydrogens (tertiary/aromatic N) is 1. The number of unbranched alkanes of at least 4 members (excludes halogenated alkanes) is 4. The molecule has 0 saturated heterocycles. The molecule has 0 aromatic carbocycles. The summed E-state index contributed by atoms with van der Waals surface area (Å²) in [6, 6.07) is 0. The molecule has 0 aromatic rings. The summed E-state index contributed by atoms with van der Waals surface area (Å²) < 4.78 is 21.8. The van der Waals surface area contributed by atoms with Gasteiger partial charge in [0.05, 0.1) is 46.2 Å². The van der Waals surface area contributed by atoms with Crippen LogP contribution < -0.4 is 0 Å². The molecule has 0 bridgehead atoms. The van der Waals surface area contributed by atoms with E-state index in [1.165, 1.54) is 25.7 Å². The van der Waals surface area contributed by atoms with Crippen LogP contribution in [0.2, 0.25) is 0 Å². The van der Waals surface area contributed by atoms with E-state index in [4.69, 9.17) is 18.9 Å². The van der Waals surface area contributed by atoms with Crippen molar-refractivity contribution in [2.75, 3.05) is 73.5 Å². The highest BCUT2D eigenvalue weighted by molar-refractivity contribution is 4.42. The number of rotatable bonds is 18. The van der Waals surface area contributed by atoms with E-state index in [9.17, 15) is 0 Å². The molecule has 0 heterocycles. The highest BCUT2D eigenvalue weighted by atomic mass is 16.6. The molecule has 0 saturated carbocycles. The standard InChI is InChI=1S/C17H37NO4/c1-4-5-6-7-8-10-19-12-14-21-16-17-22-15-13-20-11-9-18(2)3/h4-17H2,1-3H3. The first-order chi connectivity index (χ1) is 10.8. The Morgan fingerprint density at radius 2 is 1.00 bits per heavy atom. The van der Waals surface area contributed by atoms with E-state index in [2.05, 4.69) is 11.8 Å². The van der Waals surface area contributed by atoms with Gasteiger partial charge in [-0.2, -0.15) is 0 Å². The summed E-state index contributed by atoms with van der Waals surface area (Å²) in [6.45, 7) is 8.64. The molecule has 0 rings (SSSR count). The molecule has 22 heavy (non-hydrogen) atoms. The molecule has 0 aliphatic rings. The van der Waals surface area contributed by atoms with Crippen molar-refractivity contribution in [1.29, 1.82) is 0 Å². The molecule has 0 spiro atoms. The van der Waals surface area contributed by atoms with Crippen molar-refractivity contribution in [3.63, 3.8) is 0 Å². The third kappa shape index (κ3) is 19.8. The Kier molecular flexibility index (Phi) is 18.7. The first kappa shape index (κ1) is 21.8. The molecule has 0 unspecified atom stereocenters. The molecule has 134 valence electrons. The fourth-order valence-electron chi connectivity index (χ4n) is 1.82. The van der Waals surface area contributed by atoms with Gasteiger partial charge in [0.15, 0.2) is 0 Å². The maximum absolute atomic E-state index is 5.52. The minimum Gasteiger partial charge on any atom is -0.379 e. The lowest BCUT2D eigenvalue weighted by Crippen LogP contribution is -2.19. The van der Waals surface area contributed by atoms with Crippen LogP contribution in [0.1, 0.15) is 39.0 Å². The maximum Gasteiger partial charge on any atom is 0.0701 e. The van der Waals surface area contributed by atoms with Crippen molar-refractivity contribution in [2.45, 2.75) is 39.0 Å². The topological polar surface area (TPSA) is 40.2 Å². The van der Waals surface area contributed by atoms with Crippen LogP contribution in [-0.4, -0.2) is 78.4 Å². The number of ether oxygens (including phenoxy) is 4.